The highest BCUT2D eigenvalue weighted by Gasteiger charge is 2.25. The summed E-state index contributed by atoms with van der Waals surface area (Å²) in [5.74, 6) is 0.840. The molecule has 2 heterocycles. The molecule has 0 spiro atoms. The van der Waals surface area contributed by atoms with E-state index in [0.29, 0.717) is 22.9 Å². The Labute approximate surface area is 174 Å². The summed E-state index contributed by atoms with van der Waals surface area (Å²) in [6, 6.07) is 21.3. The molecule has 0 atom stereocenters. The molecule has 146 valence electrons. The van der Waals surface area contributed by atoms with Crippen LogP contribution in [0.3, 0.4) is 0 Å². The average Bonchev–Trinajstić information content (AvgIpc) is 3.27. The van der Waals surface area contributed by atoms with E-state index in [0.717, 1.165) is 16.7 Å². The quantitative estimate of drug-likeness (QED) is 0.458. The van der Waals surface area contributed by atoms with Gasteiger partial charge in [0, 0.05) is 18.2 Å². The van der Waals surface area contributed by atoms with Gasteiger partial charge in [0.1, 0.15) is 0 Å². The first-order valence-corrected chi connectivity index (χ1v) is 11.7. The molecule has 2 aromatic heterocycles. The van der Waals surface area contributed by atoms with Crippen LogP contribution in [0.1, 0.15) is 0 Å². The van der Waals surface area contributed by atoms with E-state index in [1.165, 1.54) is 17.6 Å². The lowest BCUT2D eigenvalue weighted by atomic mass is 10.0. The van der Waals surface area contributed by atoms with E-state index in [2.05, 4.69) is 0 Å². The van der Waals surface area contributed by atoms with Crippen LogP contribution in [-0.2, 0) is 10.0 Å². The van der Waals surface area contributed by atoms with Crippen molar-refractivity contribution in [2.24, 2.45) is 0 Å². The topological polar surface area (TPSA) is 63.2 Å². The van der Waals surface area contributed by atoms with Crippen LogP contribution in [-0.4, -0.2) is 31.7 Å². The van der Waals surface area contributed by atoms with E-state index >= 15 is 0 Å². The van der Waals surface area contributed by atoms with Crippen LogP contribution in [0.2, 0.25) is 0 Å². The lowest BCUT2D eigenvalue weighted by Gasteiger charge is -2.22. The summed E-state index contributed by atoms with van der Waals surface area (Å²) in [6.07, 6.45) is 1.18. The van der Waals surface area contributed by atoms with Gasteiger partial charge >= 0.3 is 0 Å². The van der Waals surface area contributed by atoms with Crippen molar-refractivity contribution in [3.05, 3.63) is 77.5 Å². The van der Waals surface area contributed by atoms with Crippen LogP contribution in [0.25, 0.3) is 33.8 Å². The van der Waals surface area contributed by atoms with Gasteiger partial charge < -0.3 is 0 Å². The molecule has 4 rings (SSSR count). The highest BCUT2D eigenvalue weighted by molar-refractivity contribution is 7.92. The van der Waals surface area contributed by atoms with E-state index in [1.807, 2.05) is 77.5 Å². The number of benzene rings is 2. The summed E-state index contributed by atoms with van der Waals surface area (Å²) < 4.78 is 26.1. The summed E-state index contributed by atoms with van der Waals surface area (Å²) in [7, 11) is -2.00. The van der Waals surface area contributed by atoms with Gasteiger partial charge in [0.05, 0.1) is 17.5 Å². The number of thiophene rings is 1. The van der Waals surface area contributed by atoms with Crippen LogP contribution >= 0.6 is 11.3 Å². The molecule has 0 radical (unpaired) electrons. The van der Waals surface area contributed by atoms with Crippen LogP contribution < -0.4 is 4.31 Å². The maximum absolute atomic E-state index is 12.4. The summed E-state index contributed by atoms with van der Waals surface area (Å²) in [5.41, 5.74) is 4.01. The van der Waals surface area contributed by atoms with Crippen molar-refractivity contribution in [2.45, 2.75) is 0 Å². The standard InChI is InChI=1S/C22H19N3O2S2/c1-25(29(2,26)27)22-19(18-13-14-28-15-18)20(16-9-5-3-6-10-16)23-21(24-22)17-11-7-4-8-12-17/h3-15H,1-2H3. The van der Waals surface area contributed by atoms with E-state index in [9.17, 15) is 8.42 Å². The fraction of sp³-hybridized carbons (Fsp3) is 0.0909. The van der Waals surface area contributed by atoms with Gasteiger partial charge in [-0.05, 0) is 22.4 Å². The Kier molecular flexibility index (Phi) is 5.17. The number of nitrogens with zero attached hydrogens (tertiary/aromatic N) is 3. The number of aromatic nitrogens is 2. The third kappa shape index (κ3) is 3.92. The molecule has 0 aliphatic heterocycles. The van der Waals surface area contributed by atoms with Gasteiger partial charge in [0.15, 0.2) is 11.6 Å². The van der Waals surface area contributed by atoms with Crippen molar-refractivity contribution in [3.8, 4) is 33.8 Å². The largest absolute Gasteiger partial charge is 0.256 e. The predicted octanol–water partition coefficient (Wildman–Crippen LogP) is 4.93. The number of sulfonamides is 1. The Bertz CT molecular complexity index is 1220. The first-order valence-electron chi connectivity index (χ1n) is 8.94. The van der Waals surface area contributed by atoms with Gasteiger partial charge in [-0.1, -0.05) is 60.7 Å². The van der Waals surface area contributed by atoms with Crippen molar-refractivity contribution in [1.82, 2.24) is 9.97 Å². The molecule has 4 aromatic rings. The van der Waals surface area contributed by atoms with Crippen molar-refractivity contribution < 1.29 is 8.42 Å². The Morgan fingerprint density at radius 3 is 2.00 bits per heavy atom. The maximum atomic E-state index is 12.4. The fourth-order valence-electron chi connectivity index (χ4n) is 3.03. The molecule has 0 saturated heterocycles. The van der Waals surface area contributed by atoms with Gasteiger partial charge in [-0.15, -0.1) is 0 Å². The Hall–Kier alpha value is -3.03. The predicted molar refractivity (Wildman–Crippen MR) is 119 cm³/mol. The minimum atomic E-state index is -3.52. The number of rotatable bonds is 5. The van der Waals surface area contributed by atoms with Crippen LogP contribution in [0.4, 0.5) is 5.82 Å². The summed E-state index contributed by atoms with van der Waals surface area (Å²) in [5, 5.41) is 3.94. The monoisotopic (exact) mass is 421 g/mol. The van der Waals surface area contributed by atoms with Crippen LogP contribution in [0, 0.1) is 0 Å². The average molecular weight is 422 g/mol. The zero-order valence-corrected chi connectivity index (χ0v) is 17.6. The number of anilines is 1. The fourth-order valence-corrected chi connectivity index (χ4v) is 4.12. The molecular formula is C22H19N3O2S2. The molecule has 0 unspecified atom stereocenters. The number of hydrogen-bond acceptors (Lipinski definition) is 5. The molecule has 0 saturated carbocycles. The highest BCUT2D eigenvalue weighted by atomic mass is 32.2. The van der Waals surface area contributed by atoms with Gasteiger partial charge in [0.25, 0.3) is 0 Å². The summed E-state index contributed by atoms with van der Waals surface area (Å²) in [4.78, 5) is 9.56. The molecular weight excluding hydrogens is 402 g/mol. The minimum absolute atomic E-state index is 0.360. The van der Waals surface area contributed by atoms with E-state index in [-0.39, 0.29) is 0 Å². The Morgan fingerprint density at radius 1 is 0.828 bits per heavy atom. The third-order valence-electron chi connectivity index (χ3n) is 4.57. The van der Waals surface area contributed by atoms with Gasteiger partial charge in [-0.3, -0.25) is 4.31 Å². The van der Waals surface area contributed by atoms with Gasteiger partial charge in [0.2, 0.25) is 10.0 Å². The molecule has 0 N–H and O–H groups in total. The van der Waals surface area contributed by atoms with Crippen molar-refractivity contribution in [2.75, 3.05) is 17.6 Å². The van der Waals surface area contributed by atoms with Gasteiger partial charge in [-0.2, -0.15) is 11.3 Å². The van der Waals surface area contributed by atoms with Crippen LogP contribution in [0.15, 0.2) is 77.5 Å². The Morgan fingerprint density at radius 2 is 1.45 bits per heavy atom. The van der Waals surface area contributed by atoms with E-state index in [1.54, 1.807) is 11.3 Å². The normalized spacial score (nSPS) is 11.4. The van der Waals surface area contributed by atoms with E-state index in [4.69, 9.17) is 9.97 Å². The molecule has 29 heavy (non-hydrogen) atoms. The van der Waals surface area contributed by atoms with Crippen molar-refractivity contribution >= 4 is 27.2 Å². The second-order valence-corrected chi connectivity index (χ2v) is 9.36. The zero-order valence-electron chi connectivity index (χ0n) is 16.0. The first kappa shape index (κ1) is 19.3. The Balaban J connectivity index is 2.09. The first-order chi connectivity index (χ1) is 13.9. The van der Waals surface area contributed by atoms with Gasteiger partial charge in [-0.25, -0.2) is 18.4 Å². The lowest BCUT2D eigenvalue weighted by molar-refractivity contribution is 0.600. The number of hydrogen-bond donors (Lipinski definition) is 0. The molecule has 5 nitrogen and oxygen atoms in total. The minimum Gasteiger partial charge on any atom is -0.256 e. The molecule has 0 fully saturated rings. The molecule has 7 heteroatoms. The molecule has 2 aromatic carbocycles. The maximum Gasteiger partial charge on any atom is 0.233 e. The lowest BCUT2D eigenvalue weighted by Crippen LogP contribution is -2.27. The second-order valence-electron chi connectivity index (χ2n) is 6.57. The molecule has 0 aliphatic rings. The molecule has 0 aliphatic carbocycles. The summed E-state index contributed by atoms with van der Waals surface area (Å²) in [6.45, 7) is 0. The third-order valence-corrected chi connectivity index (χ3v) is 6.43. The van der Waals surface area contributed by atoms with E-state index < -0.39 is 10.0 Å². The molecule has 0 amide bonds. The molecule has 0 bridgehead atoms. The van der Waals surface area contributed by atoms with Crippen LogP contribution in [0.5, 0.6) is 0 Å². The van der Waals surface area contributed by atoms with Crippen molar-refractivity contribution in [3.63, 3.8) is 0 Å². The smallest absolute Gasteiger partial charge is 0.233 e. The summed E-state index contributed by atoms with van der Waals surface area (Å²) >= 11 is 1.54. The SMILES string of the molecule is CN(c1nc(-c2ccccc2)nc(-c2ccccc2)c1-c1ccsc1)S(C)(=O)=O. The highest BCUT2D eigenvalue weighted by Crippen LogP contribution is 2.40. The zero-order chi connectivity index (χ0) is 20.4. The van der Waals surface area contributed by atoms with Crippen molar-refractivity contribution in [1.29, 1.82) is 0 Å². The second kappa shape index (κ2) is 7.77.